The van der Waals surface area contributed by atoms with Crippen LogP contribution in [-0.4, -0.2) is 25.5 Å². The van der Waals surface area contributed by atoms with Gasteiger partial charge in [0.2, 0.25) is 0 Å². The predicted octanol–water partition coefficient (Wildman–Crippen LogP) is 2.56. The Bertz CT molecular complexity index is 413. The van der Waals surface area contributed by atoms with Crippen LogP contribution in [0.1, 0.15) is 25.8 Å². The van der Waals surface area contributed by atoms with Crippen molar-refractivity contribution in [1.29, 1.82) is 0 Å². The lowest BCUT2D eigenvalue weighted by atomic mass is 10.1. The van der Waals surface area contributed by atoms with Crippen molar-refractivity contribution in [1.82, 2.24) is 5.43 Å². The molecule has 1 rings (SSSR count). The minimum atomic E-state index is -0.544. The fourth-order valence-corrected chi connectivity index (χ4v) is 1.41. The van der Waals surface area contributed by atoms with Gasteiger partial charge >= 0.3 is 6.09 Å². The van der Waals surface area contributed by atoms with E-state index in [1.165, 1.54) is 0 Å². The molecule has 0 spiro atoms. The topological polar surface area (TPSA) is 59.9 Å². The number of rotatable bonds is 5. The molecule has 0 saturated heterocycles. The molecule has 0 radical (unpaired) electrons. The molecule has 0 aliphatic rings. The molecule has 1 amide bonds. The van der Waals surface area contributed by atoms with Gasteiger partial charge in [-0.2, -0.15) is 5.10 Å². The first-order chi connectivity index (χ1) is 8.71. The van der Waals surface area contributed by atoms with E-state index in [2.05, 4.69) is 10.5 Å². The minimum absolute atomic E-state index is 0.325. The first kappa shape index (κ1) is 14.0. The number of benzene rings is 1. The zero-order valence-electron chi connectivity index (χ0n) is 10.9. The van der Waals surface area contributed by atoms with Gasteiger partial charge in [-0.25, -0.2) is 10.2 Å². The number of amides is 1. The summed E-state index contributed by atoms with van der Waals surface area (Å²) in [7, 11) is 1.62. The number of hydrazone groups is 1. The molecule has 1 N–H and O–H groups in total. The van der Waals surface area contributed by atoms with Gasteiger partial charge in [0.25, 0.3) is 0 Å². The molecule has 0 atom stereocenters. The zero-order valence-corrected chi connectivity index (χ0v) is 10.9. The van der Waals surface area contributed by atoms with E-state index in [-0.39, 0.29) is 0 Å². The van der Waals surface area contributed by atoms with Crippen molar-refractivity contribution in [3.63, 3.8) is 0 Å². The molecule has 0 aliphatic heterocycles. The van der Waals surface area contributed by atoms with Crippen LogP contribution in [0.2, 0.25) is 0 Å². The molecule has 0 saturated carbocycles. The number of hydrogen-bond acceptors (Lipinski definition) is 4. The third kappa shape index (κ3) is 4.08. The normalized spacial score (nSPS) is 10.9. The molecular formula is C13H18N2O3. The minimum Gasteiger partial charge on any atom is -0.497 e. The van der Waals surface area contributed by atoms with Gasteiger partial charge in [0.1, 0.15) is 5.75 Å². The molecule has 0 fully saturated rings. The van der Waals surface area contributed by atoms with Crippen molar-refractivity contribution in [2.45, 2.75) is 20.3 Å². The maximum absolute atomic E-state index is 11.1. The van der Waals surface area contributed by atoms with Crippen LogP contribution in [0.5, 0.6) is 5.75 Å². The molecule has 0 unspecified atom stereocenters. The summed E-state index contributed by atoms with van der Waals surface area (Å²) in [4.78, 5) is 11.1. The first-order valence-electron chi connectivity index (χ1n) is 5.85. The summed E-state index contributed by atoms with van der Waals surface area (Å²) in [6.45, 7) is 4.04. The van der Waals surface area contributed by atoms with Crippen LogP contribution >= 0.6 is 0 Å². The van der Waals surface area contributed by atoms with Crippen molar-refractivity contribution in [3.8, 4) is 5.75 Å². The Morgan fingerprint density at radius 3 is 2.44 bits per heavy atom. The van der Waals surface area contributed by atoms with E-state index in [1.54, 1.807) is 14.0 Å². The molecule has 1 aromatic rings. The van der Waals surface area contributed by atoms with Crippen LogP contribution in [0.25, 0.3) is 0 Å². The van der Waals surface area contributed by atoms with Gasteiger partial charge < -0.3 is 9.47 Å². The van der Waals surface area contributed by atoms with Crippen LogP contribution in [0.3, 0.4) is 0 Å². The van der Waals surface area contributed by atoms with Crippen LogP contribution in [-0.2, 0) is 4.74 Å². The Kier molecular flexibility index (Phi) is 5.70. The highest BCUT2D eigenvalue weighted by Crippen LogP contribution is 2.13. The highest BCUT2D eigenvalue weighted by Gasteiger charge is 2.03. The third-order valence-electron chi connectivity index (χ3n) is 2.32. The Hall–Kier alpha value is -2.04. The van der Waals surface area contributed by atoms with Gasteiger partial charge in [-0.15, -0.1) is 0 Å². The fourth-order valence-electron chi connectivity index (χ4n) is 1.41. The highest BCUT2D eigenvalue weighted by molar-refractivity contribution is 6.00. The van der Waals surface area contributed by atoms with E-state index in [4.69, 9.17) is 9.47 Å². The molecule has 5 nitrogen and oxygen atoms in total. The second-order valence-electron chi connectivity index (χ2n) is 3.47. The molecule has 5 heteroatoms. The molecule has 0 bridgehead atoms. The summed E-state index contributed by atoms with van der Waals surface area (Å²) >= 11 is 0. The number of nitrogens with one attached hydrogen (secondary N) is 1. The Morgan fingerprint density at radius 2 is 1.94 bits per heavy atom. The smallest absolute Gasteiger partial charge is 0.427 e. The van der Waals surface area contributed by atoms with Gasteiger partial charge in [0, 0.05) is 0 Å². The number of methoxy groups -OCH3 is 1. The van der Waals surface area contributed by atoms with E-state index in [0.29, 0.717) is 13.0 Å². The predicted molar refractivity (Wildman–Crippen MR) is 70.0 cm³/mol. The molecule has 18 heavy (non-hydrogen) atoms. The molecule has 98 valence electrons. The fraction of sp³-hybridized carbons (Fsp3) is 0.385. The highest BCUT2D eigenvalue weighted by atomic mass is 16.5. The summed E-state index contributed by atoms with van der Waals surface area (Å²) in [5.74, 6) is 0.785. The Morgan fingerprint density at radius 1 is 1.28 bits per heavy atom. The Balaban J connectivity index is 2.75. The van der Waals surface area contributed by atoms with E-state index in [9.17, 15) is 4.79 Å². The number of hydrogen-bond donors (Lipinski definition) is 1. The molecule has 0 heterocycles. The van der Waals surface area contributed by atoms with E-state index >= 15 is 0 Å². The molecular weight excluding hydrogens is 232 g/mol. The lowest BCUT2D eigenvalue weighted by Crippen LogP contribution is -2.20. The standard InChI is InChI=1S/C13H18N2O3/c1-4-12(14-15-13(16)18-5-2)10-6-8-11(17-3)9-7-10/h6-9H,4-5H2,1-3H3,(H,15,16)/b14-12-. The molecule has 0 aromatic heterocycles. The van der Waals surface area contributed by atoms with E-state index in [1.807, 2.05) is 31.2 Å². The maximum Gasteiger partial charge on any atom is 0.427 e. The average molecular weight is 250 g/mol. The molecule has 0 aliphatic carbocycles. The summed E-state index contributed by atoms with van der Waals surface area (Å²) in [5.41, 5.74) is 4.08. The first-order valence-corrected chi connectivity index (χ1v) is 5.85. The average Bonchev–Trinajstić information content (AvgIpc) is 2.40. The maximum atomic E-state index is 11.1. The van der Waals surface area contributed by atoms with E-state index < -0.39 is 6.09 Å². The number of carbonyl (C=O) groups is 1. The summed E-state index contributed by atoms with van der Waals surface area (Å²) in [6.07, 6.45) is 0.163. The van der Waals surface area contributed by atoms with Crippen LogP contribution in [0.4, 0.5) is 4.79 Å². The van der Waals surface area contributed by atoms with Crippen molar-refractivity contribution in [2.75, 3.05) is 13.7 Å². The van der Waals surface area contributed by atoms with Gasteiger partial charge in [0.15, 0.2) is 0 Å². The van der Waals surface area contributed by atoms with Gasteiger partial charge in [-0.05, 0) is 43.2 Å². The Labute approximate surface area is 107 Å². The van der Waals surface area contributed by atoms with Gasteiger partial charge in [0.05, 0.1) is 19.4 Å². The second-order valence-corrected chi connectivity index (χ2v) is 3.47. The van der Waals surface area contributed by atoms with Crippen LogP contribution < -0.4 is 10.2 Å². The number of ether oxygens (including phenoxy) is 2. The third-order valence-corrected chi connectivity index (χ3v) is 2.32. The number of carbonyl (C=O) groups excluding carboxylic acids is 1. The van der Waals surface area contributed by atoms with Crippen molar-refractivity contribution in [2.24, 2.45) is 5.10 Å². The lowest BCUT2D eigenvalue weighted by molar-refractivity contribution is 0.152. The summed E-state index contributed by atoms with van der Waals surface area (Å²) in [6, 6.07) is 7.50. The monoisotopic (exact) mass is 250 g/mol. The van der Waals surface area contributed by atoms with Crippen molar-refractivity contribution >= 4 is 11.8 Å². The summed E-state index contributed by atoms with van der Waals surface area (Å²) < 4.78 is 9.82. The second kappa shape index (κ2) is 7.32. The zero-order chi connectivity index (χ0) is 13.4. The summed E-state index contributed by atoms with van der Waals surface area (Å²) in [5, 5.41) is 4.04. The molecule has 1 aromatic carbocycles. The SMILES string of the molecule is CCOC(=O)N/N=C(/CC)c1ccc(OC)cc1. The van der Waals surface area contributed by atoms with Gasteiger partial charge in [-0.3, -0.25) is 0 Å². The van der Waals surface area contributed by atoms with E-state index in [0.717, 1.165) is 17.0 Å². The number of nitrogens with zero attached hydrogens (tertiary/aromatic N) is 1. The van der Waals surface area contributed by atoms with Crippen molar-refractivity contribution < 1.29 is 14.3 Å². The van der Waals surface area contributed by atoms with Gasteiger partial charge in [-0.1, -0.05) is 6.92 Å². The van der Waals surface area contributed by atoms with Crippen LogP contribution in [0.15, 0.2) is 29.4 Å². The lowest BCUT2D eigenvalue weighted by Gasteiger charge is -2.06. The van der Waals surface area contributed by atoms with Crippen molar-refractivity contribution in [3.05, 3.63) is 29.8 Å². The van der Waals surface area contributed by atoms with Crippen LogP contribution in [0, 0.1) is 0 Å². The largest absolute Gasteiger partial charge is 0.497 e. The quantitative estimate of drug-likeness (QED) is 0.645.